The van der Waals surface area contributed by atoms with Crippen LogP contribution in [-0.4, -0.2) is 28.7 Å². The largest absolute Gasteiger partial charge is 0.496 e. The molecule has 2 amide bonds. The van der Waals surface area contributed by atoms with Crippen molar-refractivity contribution in [3.05, 3.63) is 94.8 Å². The summed E-state index contributed by atoms with van der Waals surface area (Å²) in [7, 11) is 1.42. The number of benzene rings is 3. The zero-order valence-corrected chi connectivity index (χ0v) is 19.5. The molecule has 182 valence electrons. The Labute approximate surface area is 206 Å². The molecule has 3 aromatic carbocycles. The number of primary amides is 1. The first kappa shape index (κ1) is 23.1. The van der Waals surface area contributed by atoms with Gasteiger partial charge in [-0.1, -0.05) is 42.5 Å². The maximum Gasteiger partial charge on any atom is 0.255 e. The van der Waals surface area contributed by atoms with Crippen molar-refractivity contribution in [2.24, 2.45) is 5.73 Å². The maximum absolute atomic E-state index is 13.6. The molecule has 0 radical (unpaired) electrons. The molecule has 0 unspecified atom stereocenters. The first-order valence-electron chi connectivity index (χ1n) is 11.4. The Morgan fingerprint density at radius 3 is 2.67 bits per heavy atom. The third-order valence-electron chi connectivity index (χ3n) is 6.15. The monoisotopic (exact) mass is 485 g/mol. The van der Waals surface area contributed by atoms with E-state index < -0.39 is 17.6 Å². The predicted molar refractivity (Wildman–Crippen MR) is 134 cm³/mol. The number of nitrogens with one attached hydrogen (secondary N) is 2. The highest BCUT2D eigenvalue weighted by molar-refractivity contribution is 6.04. The summed E-state index contributed by atoms with van der Waals surface area (Å²) in [5.74, 6) is -0.678. The minimum atomic E-state index is -0.571. The van der Waals surface area contributed by atoms with Crippen LogP contribution in [0.15, 0.2) is 66.7 Å². The zero-order chi connectivity index (χ0) is 25.2. The van der Waals surface area contributed by atoms with E-state index in [2.05, 4.69) is 10.6 Å². The Bertz CT molecular complexity index is 1460. The fourth-order valence-electron chi connectivity index (χ4n) is 4.32. The fraction of sp³-hybridized carbons (Fsp3) is 0.148. The van der Waals surface area contributed by atoms with Gasteiger partial charge in [0.2, 0.25) is 0 Å². The van der Waals surface area contributed by atoms with Gasteiger partial charge in [-0.2, -0.15) is 5.10 Å². The number of ether oxygens (including phenoxy) is 1. The molecule has 1 aliphatic heterocycles. The van der Waals surface area contributed by atoms with Crippen LogP contribution in [0, 0.1) is 5.82 Å². The number of halogens is 1. The van der Waals surface area contributed by atoms with E-state index in [1.807, 2.05) is 48.5 Å². The van der Waals surface area contributed by atoms with Crippen molar-refractivity contribution >= 4 is 23.3 Å². The van der Waals surface area contributed by atoms with Crippen LogP contribution in [0.25, 0.3) is 11.3 Å². The molecular weight excluding hydrogens is 461 g/mol. The zero-order valence-electron chi connectivity index (χ0n) is 19.5. The molecule has 0 aliphatic carbocycles. The molecule has 36 heavy (non-hydrogen) atoms. The minimum Gasteiger partial charge on any atom is -0.496 e. The average molecular weight is 486 g/mol. The van der Waals surface area contributed by atoms with Crippen LogP contribution in [0.3, 0.4) is 0 Å². The lowest BCUT2D eigenvalue weighted by molar-refractivity contribution is 0.0946. The van der Waals surface area contributed by atoms with E-state index in [1.54, 1.807) is 4.68 Å². The van der Waals surface area contributed by atoms with Crippen LogP contribution in [-0.2, 0) is 19.5 Å². The molecule has 2 heterocycles. The van der Waals surface area contributed by atoms with E-state index in [4.69, 9.17) is 15.6 Å². The van der Waals surface area contributed by atoms with Crippen molar-refractivity contribution < 1.29 is 18.7 Å². The van der Waals surface area contributed by atoms with Crippen LogP contribution < -0.4 is 21.1 Å². The lowest BCUT2D eigenvalue weighted by Gasteiger charge is -2.10. The number of amides is 2. The number of nitrogens with zero attached hydrogens (tertiary/aromatic N) is 2. The number of anilines is 2. The minimum absolute atomic E-state index is 0.119. The lowest BCUT2D eigenvalue weighted by atomic mass is 10.0. The van der Waals surface area contributed by atoms with Crippen LogP contribution in [0.1, 0.15) is 31.8 Å². The van der Waals surface area contributed by atoms with Gasteiger partial charge < -0.3 is 21.1 Å². The number of nitrogens with two attached hydrogens (primary N) is 1. The van der Waals surface area contributed by atoms with Gasteiger partial charge >= 0.3 is 0 Å². The molecular formula is C27H24FN5O3. The molecule has 4 N–H and O–H groups in total. The smallest absolute Gasteiger partial charge is 0.255 e. The number of hydrogen-bond acceptors (Lipinski definition) is 5. The second-order valence-electron chi connectivity index (χ2n) is 8.42. The number of aryl methyl sites for hydroxylation is 2. The van der Waals surface area contributed by atoms with Gasteiger partial charge in [-0.3, -0.25) is 9.59 Å². The van der Waals surface area contributed by atoms with Crippen molar-refractivity contribution in [1.82, 2.24) is 15.1 Å². The highest BCUT2D eigenvalue weighted by Crippen LogP contribution is 2.34. The van der Waals surface area contributed by atoms with Gasteiger partial charge in [0, 0.05) is 24.3 Å². The highest BCUT2D eigenvalue weighted by atomic mass is 19.1. The van der Waals surface area contributed by atoms with Crippen LogP contribution in [0.4, 0.5) is 15.9 Å². The van der Waals surface area contributed by atoms with E-state index in [0.717, 1.165) is 34.9 Å². The molecule has 0 atom stereocenters. The Kier molecular flexibility index (Phi) is 6.12. The molecule has 9 heteroatoms. The summed E-state index contributed by atoms with van der Waals surface area (Å²) >= 11 is 0. The first-order chi connectivity index (χ1) is 17.4. The third-order valence-corrected chi connectivity index (χ3v) is 6.15. The topological polar surface area (TPSA) is 111 Å². The van der Waals surface area contributed by atoms with Crippen LogP contribution in [0.5, 0.6) is 5.75 Å². The number of methoxy groups -OCH3 is 1. The highest BCUT2D eigenvalue weighted by Gasteiger charge is 2.25. The van der Waals surface area contributed by atoms with E-state index in [9.17, 15) is 14.0 Å². The predicted octanol–water partition coefficient (Wildman–Crippen LogP) is 4.03. The van der Waals surface area contributed by atoms with Gasteiger partial charge in [0.25, 0.3) is 11.8 Å². The van der Waals surface area contributed by atoms with E-state index in [-0.39, 0.29) is 12.1 Å². The Balaban J connectivity index is 1.37. The second kappa shape index (κ2) is 9.53. The number of hydrogen-bond donors (Lipinski definition) is 3. The fourth-order valence-corrected chi connectivity index (χ4v) is 4.32. The molecule has 4 aromatic rings. The molecule has 1 aliphatic rings. The van der Waals surface area contributed by atoms with Crippen LogP contribution in [0.2, 0.25) is 0 Å². The number of aromatic nitrogens is 2. The summed E-state index contributed by atoms with van der Waals surface area (Å²) in [4.78, 5) is 25.0. The summed E-state index contributed by atoms with van der Waals surface area (Å²) in [6.45, 7) is 0.826. The first-order valence-corrected chi connectivity index (χ1v) is 11.4. The number of fused-ring (bicyclic) bond motifs is 2. The second-order valence-corrected chi connectivity index (χ2v) is 8.42. The summed E-state index contributed by atoms with van der Waals surface area (Å²) in [6.07, 6.45) is 0.768. The molecule has 5 rings (SSSR count). The quantitative estimate of drug-likeness (QED) is 0.382. The lowest BCUT2D eigenvalue weighted by Crippen LogP contribution is -2.23. The number of carbonyl (C=O) groups is 2. The molecule has 0 bridgehead atoms. The molecule has 0 fully saturated rings. The van der Waals surface area contributed by atoms with E-state index >= 15 is 0 Å². The van der Waals surface area contributed by atoms with Gasteiger partial charge in [-0.05, 0) is 41.8 Å². The Hall–Kier alpha value is -4.66. The molecule has 0 saturated heterocycles. The Morgan fingerprint density at radius 2 is 1.92 bits per heavy atom. The standard InChI is InChI=1S/C27H24FN5O3/c1-36-22-11-10-19(28)14-20(22)27(35)30-15-16-6-8-18(9-7-16)24-23(25(29)34)26-31-21-5-3-2-4-17(21)12-13-33(26)32-24/h2-11,14,31H,12-13,15H2,1H3,(H2,29,34)(H,30,35). The average Bonchev–Trinajstić information content (AvgIpc) is 3.15. The summed E-state index contributed by atoms with van der Waals surface area (Å²) in [5.41, 5.74) is 10.3. The van der Waals surface area contributed by atoms with Gasteiger partial charge in [0.1, 0.15) is 28.6 Å². The van der Waals surface area contributed by atoms with Gasteiger partial charge in [-0.15, -0.1) is 0 Å². The van der Waals surface area contributed by atoms with Gasteiger partial charge in [0.15, 0.2) is 0 Å². The van der Waals surface area contributed by atoms with Crippen molar-refractivity contribution in [2.75, 3.05) is 12.4 Å². The van der Waals surface area contributed by atoms with E-state index in [1.165, 1.54) is 19.2 Å². The maximum atomic E-state index is 13.6. The molecule has 0 saturated carbocycles. The SMILES string of the molecule is COc1ccc(F)cc1C(=O)NCc1ccc(-c2nn3c(c2C(N)=O)Nc2ccccc2CC3)cc1. The summed E-state index contributed by atoms with van der Waals surface area (Å²) in [6, 6.07) is 19.0. The van der Waals surface area contributed by atoms with Gasteiger partial charge in [0.05, 0.1) is 12.7 Å². The molecule has 1 aromatic heterocycles. The normalized spacial score (nSPS) is 12.1. The van der Waals surface area contributed by atoms with Crippen molar-refractivity contribution in [2.45, 2.75) is 19.5 Å². The van der Waals surface area contributed by atoms with Crippen molar-refractivity contribution in [3.63, 3.8) is 0 Å². The third kappa shape index (κ3) is 4.38. The molecule has 0 spiro atoms. The van der Waals surface area contributed by atoms with Crippen LogP contribution >= 0.6 is 0 Å². The summed E-state index contributed by atoms with van der Waals surface area (Å²) in [5, 5.41) is 10.8. The number of carbonyl (C=O) groups excluding carboxylic acids is 2. The number of rotatable bonds is 6. The van der Waals surface area contributed by atoms with Crippen molar-refractivity contribution in [1.29, 1.82) is 0 Å². The number of para-hydroxylation sites is 1. The Morgan fingerprint density at radius 1 is 1.14 bits per heavy atom. The van der Waals surface area contributed by atoms with Gasteiger partial charge in [-0.25, -0.2) is 9.07 Å². The van der Waals surface area contributed by atoms with E-state index in [0.29, 0.717) is 29.4 Å². The van der Waals surface area contributed by atoms with Crippen molar-refractivity contribution in [3.8, 4) is 17.0 Å². The summed E-state index contributed by atoms with van der Waals surface area (Å²) < 4.78 is 20.5. The molecule has 8 nitrogen and oxygen atoms in total.